The second kappa shape index (κ2) is 7.28. The molecule has 3 N–H and O–H groups in total. The molecule has 1 aromatic carbocycles. The van der Waals surface area contributed by atoms with E-state index in [1.54, 1.807) is 37.3 Å². The fourth-order valence-electron chi connectivity index (χ4n) is 1.57. The predicted octanol–water partition coefficient (Wildman–Crippen LogP) is 0.784. The minimum Gasteiger partial charge on any atom is -0.480 e. The first-order valence-electron chi connectivity index (χ1n) is 6.34. The SMILES string of the molecule is CC[C@H](NC(=O)C(C)NC(=O)c1ccccc1)C(=O)O. The zero-order valence-electron chi connectivity index (χ0n) is 11.4. The lowest BCUT2D eigenvalue weighted by Crippen LogP contribution is -2.50. The average Bonchev–Trinajstić information content (AvgIpc) is 2.44. The van der Waals surface area contributed by atoms with Gasteiger partial charge >= 0.3 is 5.97 Å². The van der Waals surface area contributed by atoms with Crippen molar-refractivity contribution in [2.75, 3.05) is 0 Å². The third-order valence-corrected chi connectivity index (χ3v) is 2.80. The Labute approximate surface area is 117 Å². The zero-order chi connectivity index (χ0) is 15.1. The van der Waals surface area contributed by atoms with Crippen molar-refractivity contribution >= 4 is 17.8 Å². The molecule has 0 heterocycles. The maximum atomic E-state index is 11.8. The van der Waals surface area contributed by atoms with Crippen LogP contribution in [0.25, 0.3) is 0 Å². The lowest BCUT2D eigenvalue weighted by atomic mass is 10.2. The van der Waals surface area contributed by atoms with Crippen LogP contribution in [-0.2, 0) is 9.59 Å². The van der Waals surface area contributed by atoms with Crippen LogP contribution in [0.3, 0.4) is 0 Å². The summed E-state index contributed by atoms with van der Waals surface area (Å²) in [5.74, 6) is -2.00. The first-order valence-corrected chi connectivity index (χ1v) is 6.34. The number of benzene rings is 1. The first kappa shape index (κ1) is 15.7. The van der Waals surface area contributed by atoms with Gasteiger partial charge in [0.15, 0.2) is 0 Å². The Hall–Kier alpha value is -2.37. The van der Waals surface area contributed by atoms with Gasteiger partial charge in [0, 0.05) is 5.56 Å². The van der Waals surface area contributed by atoms with E-state index < -0.39 is 24.0 Å². The van der Waals surface area contributed by atoms with Crippen molar-refractivity contribution < 1.29 is 19.5 Å². The van der Waals surface area contributed by atoms with Gasteiger partial charge in [0.2, 0.25) is 5.91 Å². The highest BCUT2D eigenvalue weighted by atomic mass is 16.4. The summed E-state index contributed by atoms with van der Waals surface area (Å²) < 4.78 is 0. The molecular weight excluding hydrogens is 260 g/mol. The van der Waals surface area contributed by atoms with E-state index in [9.17, 15) is 14.4 Å². The fourth-order valence-corrected chi connectivity index (χ4v) is 1.57. The molecule has 0 saturated carbocycles. The molecule has 0 aliphatic rings. The number of hydrogen-bond donors (Lipinski definition) is 3. The number of hydrogen-bond acceptors (Lipinski definition) is 3. The number of carboxylic acid groups (broad SMARTS) is 1. The Morgan fingerprint density at radius 3 is 2.25 bits per heavy atom. The Balaban J connectivity index is 2.58. The lowest BCUT2D eigenvalue weighted by molar-refractivity contribution is -0.142. The summed E-state index contributed by atoms with van der Waals surface area (Å²) in [7, 11) is 0. The van der Waals surface area contributed by atoms with Crippen LogP contribution in [0.4, 0.5) is 0 Å². The summed E-state index contributed by atoms with van der Waals surface area (Å²) in [5.41, 5.74) is 0.442. The van der Waals surface area contributed by atoms with Crippen molar-refractivity contribution in [2.24, 2.45) is 0 Å². The molecule has 2 atom stereocenters. The standard InChI is InChI=1S/C14H18N2O4/c1-3-11(14(19)20)16-12(17)9(2)15-13(18)10-7-5-4-6-8-10/h4-9,11H,3H2,1-2H3,(H,15,18)(H,16,17)(H,19,20)/t9?,11-/m0/s1. The van der Waals surface area contributed by atoms with Gasteiger partial charge in [0.25, 0.3) is 5.91 Å². The van der Waals surface area contributed by atoms with Crippen LogP contribution < -0.4 is 10.6 Å². The van der Waals surface area contributed by atoms with E-state index in [-0.39, 0.29) is 12.3 Å². The quantitative estimate of drug-likeness (QED) is 0.716. The van der Waals surface area contributed by atoms with Crippen LogP contribution in [0.1, 0.15) is 30.6 Å². The zero-order valence-corrected chi connectivity index (χ0v) is 11.4. The second-order valence-electron chi connectivity index (χ2n) is 4.37. The largest absolute Gasteiger partial charge is 0.480 e. The van der Waals surface area contributed by atoms with Gasteiger partial charge in [-0.1, -0.05) is 25.1 Å². The third-order valence-electron chi connectivity index (χ3n) is 2.80. The number of nitrogens with one attached hydrogen (secondary N) is 2. The molecule has 0 spiro atoms. The van der Waals surface area contributed by atoms with Crippen molar-refractivity contribution in [1.29, 1.82) is 0 Å². The van der Waals surface area contributed by atoms with E-state index in [1.807, 2.05) is 0 Å². The van der Waals surface area contributed by atoms with Gasteiger partial charge in [-0.15, -0.1) is 0 Å². The molecule has 1 unspecified atom stereocenters. The Morgan fingerprint density at radius 2 is 1.75 bits per heavy atom. The van der Waals surface area contributed by atoms with Crippen LogP contribution in [0, 0.1) is 0 Å². The van der Waals surface area contributed by atoms with Crippen molar-refractivity contribution in [2.45, 2.75) is 32.4 Å². The summed E-state index contributed by atoms with van der Waals surface area (Å²) >= 11 is 0. The Bertz CT molecular complexity index is 487. The summed E-state index contributed by atoms with van der Waals surface area (Å²) in [6.45, 7) is 3.16. The maximum Gasteiger partial charge on any atom is 0.326 e. The van der Waals surface area contributed by atoms with E-state index in [4.69, 9.17) is 5.11 Å². The molecular formula is C14H18N2O4. The van der Waals surface area contributed by atoms with Gasteiger partial charge in [0.1, 0.15) is 12.1 Å². The molecule has 1 aromatic rings. The molecule has 0 bridgehead atoms. The highest BCUT2D eigenvalue weighted by Gasteiger charge is 2.22. The van der Waals surface area contributed by atoms with E-state index in [0.717, 1.165) is 0 Å². The normalized spacial score (nSPS) is 13.1. The molecule has 0 aliphatic heterocycles. The molecule has 20 heavy (non-hydrogen) atoms. The fraction of sp³-hybridized carbons (Fsp3) is 0.357. The van der Waals surface area contributed by atoms with Crippen LogP contribution in [-0.4, -0.2) is 35.0 Å². The van der Waals surface area contributed by atoms with Gasteiger partial charge in [0.05, 0.1) is 0 Å². The Morgan fingerprint density at radius 1 is 1.15 bits per heavy atom. The lowest BCUT2D eigenvalue weighted by Gasteiger charge is -2.17. The molecule has 0 radical (unpaired) electrons. The van der Waals surface area contributed by atoms with E-state index in [0.29, 0.717) is 5.56 Å². The molecule has 1 rings (SSSR count). The van der Waals surface area contributed by atoms with Crippen molar-refractivity contribution in [3.8, 4) is 0 Å². The smallest absolute Gasteiger partial charge is 0.326 e. The topological polar surface area (TPSA) is 95.5 Å². The maximum absolute atomic E-state index is 11.8. The highest BCUT2D eigenvalue weighted by molar-refractivity contribution is 5.97. The number of amides is 2. The highest BCUT2D eigenvalue weighted by Crippen LogP contribution is 1.99. The molecule has 6 heteroatoms. The molecule has 108 valence electrons. The molecule has 0 saturated heterocycles. The van der Waals surface area contributed by atoms with Gasteiger partial charge in [-0.2, -0.15) is 0 Å². The van der Waals surface area contributed by atoms with Crippen molar-refractivity contribution in [1.82, 2.24) is 10.6 Å². The van der Waals surface area contributed by atoms with E-state index in [2.05, 4.69) is 10.6 Å². The molecule has 0 aromatic heterocycles. The van der Waals surface area contributed by atoms with Gasteiger partial charge in [-0.3, -0.25) is 9.59 Å². The molecule has 0 aliphatic carbocycles. The van der Waals surface area contributed by atoms with E-state index >= 15 is 0 Å². The number of carbonyl (C=O) groups is 3. The van der Waals surface area contributed by atoms with Crippen molar-refractivity contribution in [3.05, 3.63) is 35.9 Å². The average molecular weight is 278 g/mol. The number of carbonyl (C=O) groups excluding carboxylic acids is 2. The van der Waals surface area contributed by atoms with Crippen LogP contribution in [0.2, 0.25) is 0 Å². The minimum atomic E-state index is -1.09. The number of rotatable bonds is 6. The minimum absolute atomic E-state index is 0.278. The third kappa shape index (κ3) is 4.38. The number of aliphatic carboxylic acids is 1. The summed E-state index contributed by atoms with van der Waals surface area (Å²) in [4.78, 5) is 34.5. The monoisotopic (exact) mass is 278 g/mol. The first-order chi connectivity index (χ1) is 9.45. The molecule has 6 nitrogen and oxygen atoms in total. The second-order valence-corrected chi connectivity index (χ2v) is 4.37. The van der Waals surface area contributed by atoms with Crippen LogP contribution in [0.15, 0.2) is 30.3 Å². The van der Waals surface area contributed by atoms with Crippen molar-refractivity contribution in [3.63, 3.8) is 0 Å². The molecule has 0 fully saturated rings. The summed E-state index contributed by atoms with van der Waals surface area (Å²) in [5, 5.41) is 13.8. The number of carboxylic acids is 1. The summed E-state index contributed by atoms with van der Waals surface area (Å²) in [6, 6.07) is 6.73. The van der Waals surface area contributed by atoms with Crippen LogP contribution >= 0.6 is 0 Å². The predicted molar refractivity (Wildman–Crippen MR) is 73.2 cm³/mol. The van der Waals surface area contributed by atoms with Gasteiger partial charge in [-0.25, -0.2) is 4.79 Å². The van der Waals surface area contributed by atoms with Crippen LogP contribution in [0.5, 0.6) is 0 Å². The van der Waals surface area contributed by atoms with E-state index in [1.165, 1.54) is 6.92 Å². The molecule has 2 amide bonds. The van der Waals surface area contributed by atoms with Gasteiger partial charge < -0.3 is 15.7 Å². The Kier molecular flexibility index (Phi) is 5.71. The van der Waals surface area contributed by atoms with Gasteiger partial charge in [-0.05, 0) is 25.5 Å². The summed E-state index contributed by atoms with van der Waals surface area (Å²) in [6.07, 6.45) is 0.278.